The van der Waals surface area contributed by atoms with E-state index in [0.29, 0.717) is 13.0 Å². The molecule has 0 saturated carbocycles. The van der Waals surface area contributed by atoms with Crippen LogP contribution in [0.5, 0.6) is 0 Å². The van der Waals surface area contributed by atoms with Gasteiger partial charge >= 0.3 is 6.03 Å². The number of rotatable bonds is 4. The van der Waals surface area contributed by atoms with Gasteiger partial charge in [0.05, 0.1) is 24.3 Å². The molecule has 1 atom stereocenters. The summed E-state index contributed by atoms with van der Waals surface area (Å²) in [6.07, 6.45) is 4.25. The Morgan fingerprint density at radius 3 is 2.43 bits per heavy atom. The van der Waals surface area contributed by atoms with E-state index in [-0.39, 0.29) is 29.7 Å². The maximum atomic E-state index is 13.3. The monoisotopic (exact) mass is 411 g/mol. The highest BCUT2D eigenvalue weighted by Gasteiger charge is 2.32. The van der Waals surface area contributed by atoms with E-state index in [1.807, 2.05) is 0 Å². The Morgan fingerprint density at radius 2 is 1.89 bits per heavy atom. The van der Waals surface area contributed by atoms with Crippen LogP contribution in [0.3, 0.4) is 0 Å². The molecule has 2 aromatic rings. The molecule has 8 nitrogen and oxygen atoms in total. The van der Waals surface area contributed by atoms with Gasteiger partial charge in [0.15, 0.2) is 5.82 Å². The Hall–Kier alpha value is -2.66. The van der Waals surface area contributed by atoms with E-state index in [2.05, 4.69) is 15.3 Å². The standard InChI is InChI=1S/C17H19F2N5O3S/c1-23(14-3-4-24(10-14)28(2,26)27)17(25)22-16-9-20-15(8-21-16)11-5-12(18)7-13(19)6-11/h5-9,14H,3-4,10H2,1-2H3,(H,21,22,25). The molecule has 1 unspecified atom stereocenters. The van der Waals surface area contributed by atoms with Gasteiger partial charge in [-0.3, -0.25) is 10.3 Å². The number of benzene rings is 1. The maximum absolute atomic E-state index is 13.3. The van der Waals surface area contributed by atoms with Crippen LogP contribution < -0.4 is 5.32 Å². The normalized spacial score (nSPS) is 17.5. The maximum Gasteiger partial charge on any atom is 0.323 e. The smallest absolute Gasteiger partial charge is 0.323 e. The number of anilines is 1. The third-order valence-electron chi connectivity index (χ3n) is 4.51. The molecule has 1 aromatic heterocycles. The van der Waals surface area contributed by atoms with Gasteiger partial charge < -0.3 is 4.90 Å². The molecule has 0 spiro atoms. The lowest BCUT2D eigenvalue weighted by molar-refractivity contribution is 0.206. The zero-order valence-electron chi connectivity index (χ0n) is 15.3. The van der Waals surface area contributed by atoms with E-state index in [4.69, 9.17) is 0 Å². The molecule has 0 bridgehead atoms. The summed E-state index contributed by atoms with van der Waals surface area (Å²) in [5.74, 6) is -1.29. The van der Waals surface area contributed by atoms with E-state index < -0.39 is 27.7 Å². The number of amides is 2. The van der Waals surface area contributed by atoms with Gasteiger partial charge in [-0.15, -0.1) is 0 Å². The Morgan fingerprint density at radius 1 is 1.21 bits per heavy atom. The van der Waals surface area contributed by atoms with Gasteiger partial charge in [0, 0.05) is 37.8 Å². The topological polar surface area (TPSA) is 95.5 Å². The van der Waals surface area contributed by atoms with Gasteiger partial charge in [0.25, 0.3) is 0 Å². The SMILES string of the molecule is CN(C(=O)Nc1cnc(-c2cc(F)cc(F)c2)cn1)C1CCN(S(C)(=O)=O)C1. The number of halogens is 2. The molecule has 11 heteroatoms. The Balaban J connectivity index is 1.64. The molecule has 1 aliphatic rings. The van der Waals surface area contributed by atoms with Crippen LogP contribution in [0.15, 0.2) is 30.6 Å². The fourth-order valence-corrected chi connectivity index (χ4v) is 3.81. The first kappa shape index (κ1) is 20.1. The van der Waals surface area contributed by atoms with Crippen molar-refractivity contribution in [1.29, 1.82) is 0 Å². The fraction of sp³-hybridized carbons (Fsp3) is 0.353. The van der Waals surface area contributed by atoms with E-state index in [0.717, 1.165) is 24.5 Å². The van der Waals surface area contributed by atoms with Crippen LogP contribution >= 0.6 is 0 Å². The molecule has 0 aliphatic carbocycles. The van der Waals surface area contributed by atoms with Crippen LogP contribution in [0.2, 0.25) is 0 Å². The predicted molar refractivity (Wildman–Crippen MR) is 99.0 cm³/mol. The summed E-state index contributed by atoms with van der Waals surface area (Å²) in [4.78, 5) is 21.9. The quantitative estimate of drug-likeness (QED) is 0.829. The molecular formula is C17H19F2N5O3S. The lowest BCUT2D eigenvalue weighted by Gasteiger charge is -2.24. The number of urea groups is 1. The summed E-state index contributed by atoms with van der Waals surface area (Å²) in [5, 5.41) is 2.57. The Bertz CT molecular complexity index is 965. The van der Waals surface area contributed by atoms with E-state index in [1.165, 1.54) is 21.6 Å². The second-order valence-corrected chi connectivity index (χ2v) is 8.53. The molecule has 1 aliphatic heterocycles. The molecule has 1 saturated heterocycles. The molecule has 3 rings (SSSR count). The van der Waals surface area contributed by atoms with E-state index in [1.54, 1.807) is 7.05 Å². The average molecular weight is 411 g/mol. The highest BCUT2D eigenvalue weighted by atomic mass is 32.2. The summed E-state index contributed by atoms with van der Waals surface area (Å²) in [6.45, 7) is 0.596. The molecule has 1 aromatic carbocycles. The molecule has 1 N–H and O–H groups in total. The van der Waals surface area contributed by atoms with Crippen LogP contribution in [0.25, 0.3) is 11.3 Å². The van der Waals surface area contributed by atoms with Crippen LogP contribution in [-0.2, 0) is 10.0 Å². The minimum atomic E-state index is -3.29. The number of nitrogens with zero attached hydrogens (tertiary/aromatic N) is 4. The summed E-state index contributed by atoms with van der Waals surface area (Å²) in [6, 6.07) is 2.31. The Kier molecular flexibility index (Phi) is 5.57. The van der Waals surface area contributed by atoms with Crippen LogP contribution in [0, 0.1) is 11.6 Å². The van der Waals surface area contributed by atoms with Crippen molar-refractivity contribution in [2.45, 2.75) is 12.5 Å². The van der Waals surface area contributed by atoms with Crippen LogP contribution in [-0.4, -0.2) is 66.1 Å². The van der Waals surface area contributed by atoms with Gasteiger partial charge in [-0.25, -0.2) is 31.3 Å². The van der Waals surface area contributed by atoms with Crippen molar-refractivity contribution in [3.8, 4) is 11.3 Å². The number of likely N-dealkylation sites (N-methyl/N-ethyl adjacent to an activating group) is 1. The molecule has 2 amide bonds. The van der Waals surface area contributed by atoms with Crippen molar-refractivity contribution < 1.29 is 22.0 Å². The van der Waals surface area contributed by atoms with Gasteiger partial charge in [0.1, 0.15) is 11.6 Å². The number of carbonyl (C=O) groups is 1. The van der Waals surface area contributed by atoms with Gasteiger partial charge in [0.2, 0.25) is 10.0 Å². The molecule has 0 radical (unpaired) electrons. The van der Waals surface area contributed by atoms with Gasteiger partial charge in [-0.1, -0.05) is 0 Å². The van der Waals surface area contributed by atoms with Gasteiger partial charge in [-0.2, -0.15) is 0 Å². The number of hydrogen-bond donors (Lipinski definition) is 1. The molecule has 28 heavy (non-hydrogen) atoms. The summed E-state index contributed by atoms with van der Waals surface area (Å²) in [5.41, 5.74) is 0.483. The minimum Gasteiger partial charge on any atom is -0.323 e. The summed E-state index contributed by atoms with van der Waals surface area (Å²) >= 11 is 0. The third kappa shape index (κ3) is 4.60. The molecule has 150 valence electrons. The summed E-state index contributed by atoms with van der Waals surface area (Å²) < 4.78 is 51.1. The fourth-order valence-electron chi connectivity index (χ4n) is 2.93. The number of sulfonamides is 1. The van der Waals surface area contributed by atoms with Crippen LogP contribution in [0.4, 0.5) is 19.4 Å². The average Bonchev–Trinajstić information content (AvgIpc) is 3.11. The number of aromatic nitrogens is 2. The lowest BCUT2D eigenvalue weighted by Crippen LogP contribution is -2.42. The van der Waals surface area contributed by atoms with Gasteiger partial charge in [-0.05, 0) is 18.6 Å². The van der Waals surface area contributed by atoms with Crippen molar-refractivity contribution in [2.24, 2.45) is 0 Å². The minimum absolute atomic E-state index is 0.162. The van der Waals surface area contributed by atoms with E-state index in [9.17, 15) is 22.0 Å². The highest BCUT2D eigenvalue weighted by molar-refractivity contribution is 7.88. The predicted octanol–water partition coefficient (Wildman–Crippen LogP) is 1.92. The molecular weight excluding hydrogens is 392 g/mol. The number of hydrogen-bond acceptors (Lipinski definition) is 5. The first-order valence-electron chi connectivity index (χ1n) is 8.41. The van der Waals surface area contributed by atoms with Crippen LogP contribution in [0.1, 0.15) is 6.42 Å². The first-order valence-corrected chi connectivity index (χ1v) is 10.3. The Labute approximate surface area is 161 Å². The third-order valence-corrected chi connectivity index (χ3v) is 5.78. The van der Waals surface area contributed by atoms with Crippen molar-refractivity contribution in [3.05, 3.63) is 42.2 Å². The molecule has 1 fully saturated rings. The molecule has 2 heterocycles. The van der Waals surface area contributed by atoms with Crippen molar-refractivity contribution >= 4 is 21.9 Å². The van der Waals surface area contributed by atoms with Crippen molar-refractivity contribution in [1.82, 2.24) is 19.2 Å². The van der Waals surface area contributed by atoms with Crippen molar-refractivity contribution in [2.75, 3.05) is 31.7 Å². The second kappa shape index (κ2) is 7.76. The number of nitrogens with one attached hydrogen (secondary N) is 1. The largest absolute Gasteiger partial charge is 0.323 e. The zero-order chi connectivity index (χ0) is 20.5. The first-order chi connectivity index (χ1) is 13.1. The summed E-state index contributed by atoms with van der Waals surface area (Å²) in [7, 11) is -1.72. The van der Waals surface area contributed by atoms with Crippen molar-refractivity contribution in [3.63, 3.8) is 0 Å². The zero-order valence-corrected chi connectivity index (χ0v) is 16.1. The highest BCUT2D eigenvalue weighted by Crippen LogP contribution is 2.20. The lowest BCUT2D eigenvalue weighted by atomic mass is 10.1. The number of carbonyl (C=O) groups excluding carboxylic acids is 1. The second-order valence-electron chi connectivity index (χ2n) is 6.55. The van der Waals surface area contributed by atoms with E-state index >= 15 is 0 Å².